The van der Waals surface area contributed by atoms with Gasteiger partial charge in [0.1, 0.15) is 11.5 Å². The number of nitro groups is 1. The van der Waals surface area contributed by atoms with E-state index in [0.29, 0.717) is 11.3 Å². The van der Waals surface area contributed by atoms with Crippen molar-refractivity contribution >= 4 is 29.3 Å². The number of hydrogen-bond donors (Lipinski definition) is 1. The number of carbonyl (C=O) groups excluding carboxylic acids is 2. The molecular formula is C20H20N2O7. The minimum atomic E-state index is -1.14. The first-order valence-corrected chi connectivity index (χ1v) is 8.50. The highest BCUT2D eigenvalue weighted by Gasteiger charge is 2.20. The number of carbonyl (C=O) groups is 2. The SMILES string of the molecule is COc1ccccc1/C=C/C(=O)O[C@@H](C)C(=O)Nc1cc([N+](=O)[O-])ccc1OC. The molecule has 1 N–H and O–H groups in total. The molecule has 0 aliphatic carbocycles. The van der Waals surface area contributed by atoms with Gasteiger partial charge in [0.05, 0.1) is 24.8 Å². The maximum Gasteiger partial charge on any atom is 0.331 e. The van der Waals surface area contributed by atoms with Crippen molar-refractivity contribution in [3.8, 4) is 11.5 Å². The van der Waals surface area contributed by atoms with Gasteiger partial charge in [-0.2, -0.15) is 0 Å². The Morgan fingerprint density at radius 2 is 1.79 bits per heavy atom. The summed E-state index contributed by atoms with van der Waals surface area (Å²) in [6, 6.07) is 10.9. The number of amides is 1. The minimum absolute atomic E-state index is 0.0964. The van der Waals surface area contributed by atoms with Gasteiger partial charge in [0.2, 0.25) is 0 Å². The summed E-state index contributed by atoms with van der Waals surface area (Å²) in [5, 5.41) is 13.4. The predicted octanol–water partition coefficient (Wildman–Crippen LogP) is 3.20. The van der Waals surface area contributed by atoms with Gasteiger partial charge in [0.15, 0.2) is 6.10 Å². The number of nitro benzene ring substituents is 1. The van der Waals surface area contributed by atoms with Gasteiger partial charge in [0, 0.05) is 23.8 Å². The number of benzene rings is 2. The van der Waals surface area contributed by atoms with Gasteiger partial charge in [-0.15, -0.1) is 0 Å². The molecule has 29 heavy (non-hydrogen) atoms. The first kappa shape index (κ1) is 21.4. The van der Waals surface area contributed by atoms with Crippen LogP contribution in [0.15, 0.2) is 48.5 Å². The average Bonchev–Trinajstić information content (AvgIpc) is 2.72. The third-order valence-corrected chi connectivity index (χ3v) is 3.85. The molecule has 9 heteroatoms. The number of ether oxygens (including phenoxy) is 3. The van der Waals surface area contributed by atoms with Crippen LogP contribution in [0.25, 0.3) is 6.08 Å². The zero-order valence-electron chi connectivity index (χ0n) is 16.1. The van der Waals surface area contributed by atoms with Crippen LogP contribution in [0.2, 0.25) is 0 Å². The van der Waals surface area contributed by atoms with E-state index in [0.717, 1.165) is 6.07 Å². The Labute approximate surface area is 167 Å². The second kappa shape index (κ2) is 9.88. The molecule has 2 aromatic rings. The topological polar surface area (TPSA) is 117 Å². The highest BCUT2D eigenvalue weighted by molar-refractivity contribution is 5.98. The smallest absolute Gasteiger partial charge is 0.331 e. The Bertz CT molecular complexity index is 940. The molecule has 0 saturated heterocycles. The Morgan fingerprint density at radius 1 is 1.10 bits per heavy atom. The lowest BCUT2D eigenvalue weighted by molar-refractivity contribution is -0.384. The number of anilines is 1. The maximum atomic E-state index is 12.3. The molecule has 0 saturated carbocycles. The number of methoxy groups -OCH3 is 2. The standard InChI is InChI=1S/C20H20N2O7/c1-13(29-19(23)11-8-14-6-4-5-7-17(14)27-2)20(24)21-16-12-15(22(25)26)9-10-18(16)28-3/h4-13H,1-3H3,(H,21,24)/b11-8+/t13-/m0/s1. The Hall–Kier alpha value is -3.88. The molecule has 0 aliphatic heterocycles. The highest BCUT2D eigenvalue weighted by Crippen LogP contribution is 2.29. The van der Waals surface area contributed by atoms with Crippen molar-refractivity contribution in [1.29, 1.82) is 0 Å². The second-order valence-electron chi connectivity index (χ2n) is 5.79. The lowest BCUT2D eigenvalue weighted by Crippen LogP contribution is -2.29. The van der Waals surface area contributed by atoms with Gasteiger partial charge in [0.25, 0.3) is 11.6 Å². The monoisotopic (exact) mass is 400 g/mol. The van der Waals surface area contributed by atoms with Crippen LogP contribution in [0.3, 0.4) is 0 Å². The van der Waals surface area contributed by atoms with Gasteiger partial charge in [-0.05, 0) is 25.1 Å². The lowest BCUT2D eigenvalue weighted by Gasteiger charge is -2.14. The molecule has 9 nitrogen and oxygen atoms in total. The maximum absolute atomic E-state index is 12.3. The van der Waals surface area contributed by atoms with Gasteiger partial charge in [-0.1, -0.05) is 18.2 Å². The molecular weight excluding hydrogens is 380 g/mol. The van der Waals surface area contributed by atoms with Gasteiger partial charge < -0.3 is 19.5 Å². The van der Waals surface area contributed by atoms with Crippen LogP contribution < -0.4 is 14.8 Å². The summed E-state index contributed by atoms with van der Waals surface area (Å²) in [7, 11) is 2.88. The zero-order valence-corrected chi connectivity index (χ0v) is 16.1. The molecule has 152 valence electrons. The van der Waals surface area contributed by atoms with E-state index in [9.17, 15) is 19.7 Å². The molecule has 0 fully saturated rings. The van der Waals surface area contributed by atoms with Crippen molar-refractivity contribution in [3.63, 3.8) is 0 Å². The summed E-state index contributed by atoms with van der Waals surface area (Å²) in [6.07, 6.45) is 1.54. The largest absolute Gasteiger partial charge is 0.496 e. The van der Waals surface area contributed by atoms with Crippen LogP contribution in [-0.2, 0) is 14.3 Å². The number of hydrogen-bond acceptors (Lipinski definition) is 7. The fourth-order valence-corrected chi connectivity index (χ4v) is 2.37. The molecule has 1 amide bonds. The van der Waals surface area contributed by atoms with E-state index < -0.39 is 22.9 Å². The van der Waals surface area contributed by atoms with E-state index >= 15 is 0 Å². The van der Waals surface area contributed by atoms with Crippen molar-refractivity contribution < 1.29 is 28.7 Å². The van der Waals surface area contributed by atoms with E-state index in [2.05, 4.69) is 5.32 Å². The zero-order chi connectivity index (χ0) is 21.4. The van der Waals surface area contributed by atoms with Gasteiger partial charge >= 0.3 is 5.97 Å². The Kier molecular flexibility index (Phi) is 7.30. The third kappa shape index (κ3) is 5.80. The van der Waals surface area contributed by atoms with Crippen molar-refractivity contribution in [2.45, 2.75) is 13.0 Å². The van der Waals surface area contributed by atoms with Crippen LogP contribution in [0.4, 0.5) is 11.4 Å². The summed E-state index contributed by atoms with van der Waals surface area (Å²) in [5.41, 5.74) is 0.551. The number of nitrogens with zero attached hydrogens (tertiary/aromatic N) is 1. The number of nitrogens with one attached hydrogen (secondary N) is 1. The van der Waals surface area contributed by atoms with E-state index in [1.165, 1.54) is 45.4 Å². The molecule has 1 atom stereocenters. The lowest BCUT2D eigenvalue weighted by atomic mass is 10.2. The number of para-hydroxylation sites is 1. The fourth-order valence-electron chi connectivity index (χ4n) is 2.37. The molecule has 0 spiro atoms. The molecule has 0 unspecified atom stereocenters. The van der Waals surface area contributed by atoms with Crippen LogP contribution >= 0.6 is 0 Å². The van der Waals surface area contributed by atoms with Crippen molar-refractivity contribution in [2.75, 3.05) is 19.5 Å². The molecule has 0 heterocycles. The van der Waals surface area contributed by atoms with Crippen LogP contribution in [-0.4, -0.2) is 37.1 Å². The summed E-state index contributed by atoms with van der Waals surface area (Å²) >= 11 is 0. The summed E-state index contributed by atoms with van der Waals surface area (Å²) in [5.74, 6) is -0.578. The number of non-ortho nitro benzene ring substituents is 1. The van der Waals surface area contributed by atoms with Crippen molar-refractivity contribution in [1.82, 2.24) is 0 Å². The molecule has 0 aromatic heterocycles. The molecule has 0 radical (unpaired) electrons. The van der Waals surface area contributed by atoms with Crippen LogP contribution in [0.5, 0.6) is 11.5 Å². The summed E-state index contributed by atoms with van der Waals surface area (Å²) in [4.78, 5) is 34.6. The second-order valence-corrected chi connectivity index (χ2v) is 5.79. The van der Waals surface area contributed by atoms with Crippen molar-refractivity contribution in [2.24, 2.45) is 0 Å². The van der Waals surface area contributed by atoms with E-state index in [-0.39, 0.29) is 17.1 Å². The summed E-state index contributed by atoms with van der Waals surface area (Å²) in [6.45, 7) is 1.38. The van der Waals surface area contributed by atoms with E-state index in [4.69, 9.17) is 14.2 Å². The van der Waals surface area contributed by atoms with E-state index in [1.807, 2.05) is 0 Å². The fraction of sp³-hybridized carbons (Fsp3) is 0.200. The first-order chi connectivity index (χ1) is 13.8. The van der Waals surface area contributed by atoms with Crippen molar-refractivity contribution in [3.05, 3.63) is 64.2 Å². The molecule has 2 aromatic carbocycles. The average molecular weight is 400 g/mol. The number of rotatable bonds is 8. The predicted molar refractivity (Wildman–Crippen MR) is 106 cm³/mol. The summed E-state index contributed by atoms with van der Waals surface area (Å²) < 4.78 is 15.3. The minimum Gasteiger partial charge on any atom is -0.496 e. The Morgan fingerprint density at radius 3 is 2.45 bits per heavy atom. The third-order valence-electron chi connectivity index (χ3n) is 3.85. The quantitative estimate of drug-likeness (QED) is 0.313. The molecule has 0 aliphatic rings. The molecule has 2 rings (SSSR count). The number of esters is 1. The molecule has 0 bridgehead atoms. The highest BCUT2D eigenvalue weighted by atomic mass is 16.6. The van der Waals surface area contributed by atoms with E-state index in [1.54, 1.807) is 24.3 Å². The normalized spacial score (nSPS) is 11.6. The van der Waals surface area contributed by atoms with Gasteiger partial charge in [-0.3, -0.25) is 14.9 Å². The first-order valence-electron chi connectivity index (χ1n) is 8.50. The Balaban J connectivity index is 2.03. The van der Waals surface area contributed by atoms with Gasteiger partial charge in [-0.25, -0.2) is 4.79 Å². The van der Waals surface area contributed by atoms with Crippen LogP contribution in [0.1, 0.15) is 12.5 Å². The van der Waals surface area contributed by atoms with Crippen LogP contribution in [0, 0.1) is 10.1 Å².